The molecule has 0 saturated carbocycles. The van der Waals surface area contributed by atoms with E-state index in [0.717, 1.165) is 10.8 Å². The van der Waals surface area contributed by atoms with Crippen molar-refractivity contribution in [1.82, 2.24) is 4.98 Å². The number of nitrogens with one attached hydrogen (secondary N) is 2. The molecule has 1 heterocycles. The summed E-state index contributed by atoms with van der Waals surface area (Å²) in [6.07, 6.45) is 2.91. The number of hydrogen-bond acceptors (Lipinski definition) is 6. The van der Waals surface area contributed by atoms with Gasteiger partial charge in [0.1, 0.15) is 12.2 Å². The molecule has 7 nitrogen and oxygen atoms in total. The van der Waals surface area contributed by atoms with Crippen LogP contribution >= 0.6 is 0 Å². The van der Waals surface area contributed by atoms with E-state index >= 15 is 0 Å². The molecule has 7 heteroatoms. The van der Waals surface area contributed by atoms with Gasteiger partial charge in [0.2, 0.25) is 5.91 Å². The Morgan fingerprint density at radius 1 is 1.11 bits per heavy atom. The van der Waals surface area contributed by atoms with Crippen LogP contribution in [0.4, 0.5) is 17.1 Å². The minimum absolute atomic E-state index is 0.232. The number of carbonyl (C=O) groups excluding carboxylic acids is 2. The summed E-state index contributed by atoms with van der Waals surface area (Å²) >= 11 is 0. The van der Waals surface area contributed by atoms with E-state index in [9.17, 15) is 9.59 Å². The average Bonchev–Trinajstić information content (AvgIpc) is 2.70. The van der Waals surface area contributed by atoms with E-state index in [0.29, 0.717) is 22.8 Å². The zero-order valence-electron chi connectivity index (χ0n) is 15.7. The Bertz CT molecular complexity index is 1000. The number of fused-ring (bicyclic) bond motifs is 1. The third-order valence-corrected chi connectivity index (χ3v) is 4.03. The lowest BCUT2D eigenvalue weighted by molar-refractivity contribution is -0.145. The molecule has 28 heavy (non-hydrogen) atoms. The second kappa shape index (κ2) is 8.85. The summed E-state index contributed by atoms with van der Waals surface area (Å²) in [5.41, 5.74) is 1.96. The van der Waals surface area contributed by atoms with Gasteiger partial charge in [-0.05, 0) is 18.4 Å². The fourth-order valence-corrected chi connectivity index (χ4v) is 2.79. The minimum atomic E-state index is -0.563. The molecule has 0 atom stereocenters. The standard InChI is InChI=1S/C21H21N3O4/c1-3-28-20(26)11-19(25)24-21-17-7-5-4-6-14(17)8-9-18(21)23-15-10-16(27-2)13-22-12-15/h4-10,12-13,23H,3,11H2,1-2H3,(H,24,25). The Hall–Kier alpha value is -3.61. The zero-order valence-corrected chi connectivity index (χ0v) is 15.7. The molecule has 2 N–H and O–H groups in total. The van der Waals surface area contributed by atoms with Crippen LogP contribution in [0.1, 0.15) is 13.3 Å². The number of aromatic nitrogens is 1. The molecule has 0 bridgehead atoms. The van der Waals surface area contributed by atoms with Crippen molar-refractivity contribution in [2.75, 3.05) is 24.4 Å². The van der Waals surface area contributed by atoms with Gasteiger partial charge in [0.25, 0.3) is 0 Å². The summed E-state index contributed by atoms with van der Waals surface area (Å²) < 4.78 is 10.1. The van der Waals surface area contributed by atoms with Gasteiger partial charge in [-0.1, -0.05) is 30.3 Å². The number of methoxy groups -OCH3 is 1. The predicted molar refractivity (Wildman–Crippen MR) is 108 cm³/mol. The lowest BCUT2D eigenvalue weighted by Gasteiger charge is -2.16. The van der Waals surface area contributed by atoms with Crippen molar-refractivity contribution in [2.24, 2.45) is 0 Å². The highest BCUT2D eigenvalue weighted by atomic mass is 16.5. The fraction of sp³-hybridized carbons (Fsp3) is 0.190. The van der Waals surface area contributed by atoms with Crippen molar-refractivity contribution in [3.63, 3.8) is 0 Å². The van der Waals surface area contributed by atoms with E-state index < -0.39 is 11.9 Å². The molecule has 0 aliphatic carbocycles. The fourth-order valence-electron chi connectivity index (χ4n) is 2.79. The molecule has 2 aromatic carbocycles. The third kappa shape index (κ3) is 4.56. The van der Waals surface area contributed by atoms with Gasteiger partial charge in [-0.3, -0.25) is 14.6 Å². The largest absolute Gasteiger partial charge is 0.495 e. The number of nitrogens with zero attached hydrogens (tertiary/aromatic N) is 1. The van der Waals surface area contributed by atoms with Crippen LogP contribution in [0.15, 0.2) is 54.9 Å². The Labute approximate surface area is 162 Å². The highest BCUT2D eigenvalue weighted by Crippen LogP contribution is 2.34. The summed E-state index contributed by atoms with van der Waals surface area (Å²) in [5, 5.41) is 7.90. The van der Waals surface area contributed by atoms with E-state index in [-0.39, 0.29) is 13.0 Å². The molecule has 0 radical (unpaired) electrons. The first-order valence-corrected chi connectivity index (χ1v) is 8.84. The summed E-state index contributed by atoms with van der Waals surface area (Å²) in [5.74, 6) is -0.396. The Morgan fingerprint density at radius 3 is 2.71 bits per heavy atom. The van der Waals surface area contributed by atoms with Crippen LogP contribution in [0.5, 0.6) is 5.75 Å². The second-order valence-corrected chi connectivity index (χ2v) is 5.98. The quantitative estimate of drug-likeness (QED) is 0.478. The van der Waals surface area contributed by atoms with Crippen molar-refractivity contribution in [3.05, 3.63) is 54.9 Å². The van der Waals surface area contributed by atoms with E-state index in [1.807, 2.05) is 36.4 Å². The first kappa shape index (κ1) is 19.2. The van der Waals surface area contributed by atoms with Gasteiger partial charge >= 0.3 is 5.97 Å². The zero-order chi connectivity index (χ0) is 19.9. The van der Waals surface area contributed by atoms with Crippen molar-refractivity contribution >= 4 is 39.7 Å². The summed E-state index contributed by atoms with van der Waals surface area (Å²) in [6, 6.07) is 13.3. The summed E-state index contributed by atoms with van der Waals surface area (Å²) in [7, 11) is 1.57. The Morgan fingerprint density at radius 2 is 1.93 bits per heavy atom. The molecule has 0 spiro atoms. The molecule has 1 amide bonds. The molecule has 0 aliphatic heterocycles. The maximum Gasteiger partial charge on any atom is 0.315 e. The van der Waals surface area contributed by atoms with Gasteiger partial charge in [-0.15, -0.1) is 0 Å². The van der Waals surface area contributed by atoms with E-state index in [1.54, 1.807) is 32.5 Å². The van der Waals surface area contributed by atoms with Crippen molar-refractivity contribution in [1.29, 1.82) is 0 Å². The predicted octanol–water partition coefficient (Wildman–Crippen LogP) is 3.88. The minimum Gasteiger partial charge on any atom is -0.495 e. The molecule has 3 rings (SSSR count). The van der Waals surface area contributed by atoms with E-state index in [1.165, 1.54) is 0 Å². The number of carbonyl (C=O) groups is 2. The van der Waals surface area contributed by atoms with Crippen molar-refractivity contribution in [3.8, 4) is 5.75 Å². The van der Waals surface area contributed by atoms with Crippen LogP contribution in [0, 0.1) is 0 Å². The summed E-state index contributed by atoms with van der Waals surface area (Å²) in [6.45, 7) is 1.93. The number of rotatable bonds is 7. The number of hydrogen-bond donors (Lipinski definition) is 2. The Balaban J connectivity index is 1.94. The molecule has 1 aromatic heterocycles. The number of anilines is 3. The Kier molecular flexibility index (Phi) is 6.06. The molecular weight excluding hydrogens is 358 g/mol. The SMILES string of the molecule is CCOC(=O)CC(=O)Nc1c(Nc2cncc(OC)c2)ccc2ccccc12. The normalized spacial score (nSPS) is 10.4. The first-order chi connectivity index (χ1) is 13.6. The number of amides is 1. The maximum absolute atomic E-state index is 12.4. The topological polar surface area (TPSA) is 89.6 Å². The van der Waals surface area contributed by atoms with Crippen LogP contribution in [0.25, 0.3) is 10.8 Å². The average molecular weight is 379 g/mol. The van der Waals surface area contributed by atoms with Crippen molar-refractivity contribution in [2.45, 2.75) is 13.3 Å². The molecule has 0 unspecified atom stereocenters. The highest BCUT2D eigenvalue weighted by molar-refractivity contribution is 6.10. The molecule has 0 saturated heterocycles. The smallest absolute Gasteiger partial charge is 0.315 e. The number of pyridine rings is 1. The van der Waals surface area contributed by atoms with Crippen LogP contribution in [0.2, 0.25) is 0 Å². The van der Waals surface area contributed by atoms with Crippen LogP contribution in [-0.2, 0) is 14.3 Å². The molecule has 3 aromatic rings. The summed E-state index contributed by atoms with van der Waals surface area (Å²) in [4.78, 5) is 28.1. The number of esters is 1. The molecule has 144 valence electrons. The molecule has 0 fully saturated rings. The van der Waals surface area contributed by atoms with Gasteiger partial charge in [-0.25, -0.2) is 0 Å². The lowest BCUT2D eigenvalue weighted by Crippen LogP contribution is -2.19. The van der Waals surface area contributed by atoms with Crippen LogP contribution < -0.4 is 15.4 Å². The first-order valence-electron chi connectivity index (χ1n) is 8.84. The van der Waals surface area contributed by atoms with E-state index in [4.69, 9.17) is 9.47 Å². The number of benzene rings is 2. The van der Waals surface area contributed by atoms with E-state index in [2.05, 4.69) is 15.6 Å². The maximum atomic E-state index is 12.4. The lowest BCUT2D eigenvalue weighted by atomic mass is 10.1. The van der Waals surface area contributed by atoms with Gasteiger partial charge in [-0.2, -0.15) is 0 Å². The van der Waals surface area contributed by atoms with Gasteiger partial charge in [0.05, 0.1) is 43.2 Å². The van der Waals surface area contributed by atoms with Crippen LogP contribution in [-0.4, -0.2) is 30.6 Å². The third-order valence-electron chi connectivity index (χ3n) is 4.03. The van der Waals surface area contributed by atoms with Gasteiger partial charge < -0.3 is 20.1 Å². The molecular formula is C21H21N3O4. The van der Waals surface area contributed by atoms with Crippen molar-refractivity contribution < 1.29 is 19.1 Å². The second-order valence-electron chi connectivity index (χ2n) is 5.98. The van der Waals surface area contributed by atoms with Crippen LogP contribution in [0.3, 0.4) is 0 Å². The van der Waals surface area contributed by atoms with Gasteiger partial charge in [0.15, 0.2) is 0 Å². The number of ether oxygens (including phenoxy) is 2. The highest BCUT2D eigenvalue weighted by Gasteiger charge is 2.15. The molecule has 0 aliphatic rings. The van der Waals surface area contributed by atoms with Gasteiger partial charge in [0, 0.05) is 11.5 Å². The monoisotopic (exact) mass is 379 g/mol.